The zero-order valence-electron chi connectivity index (χ0n) is 7.98. The maximum atomic E-state index is 8.88. The van der Waals surface area contributed by atoms with Gasteiger partial charge in [-0.2, -0.15) is 0 Å². The molecule has 0 radical (unpaired) electrons. The highest BCUT2D eigenvalue weighted by Crippen LogP contribution is 2.22. The van der Waals surface area contributed by atoms with Crippen molar-refractivity contribution >= 4 is 0 Å². The number of ether oxygens (including phenoxy) is 2. The number of aliphatic hydroxyl groups excluding tert-OH is 1. The van der Waals surface area contributed by atoms with E-state index >= 15 is 0 Å². The van der Waals surface area contributed by atoms with Crippen LogP contribution < -0.4 is 0 Å². The molecule has 0 aliphatic carbocycles. The minimum Gasteiger partial charge on any atom is -0.392 e. The Hall–Kier alpha value is -0.900. The van der Waals surface area contributed by atoms with E-state index in [-0.39, 0.29) is 12.9 Å². The highest BCUT2D eigenvalue weighted by atomic mass is 16.7. The molecule has 2 rings (SSSR count). The van der Waals surface area contributed by atoms with Gasteiger partial charge in [0.25, 0.3) is 0 Å². The Balaban J connectivity index is 2.07. The maximum Gasteiger partial charge on any atom is 0.183 e. The number of aliphatic hydroxyl groups is 1. The Morgan fingerprint density at radius 3 is 2.36 bits per heavy atom. The van der Waals surface area contributed by atoms with E-state index in [1.807, 2.05) is 24.3 Å². The van der Waals surface area contributed by atoms with Gasteiger partial charge in [-0.3, -0.25) is 0 Å². The van der Waals surface area contributed by atoms with E-state index in [0.29, 0.717) is 0 Å². The summed E-state index contributed by atoms with van der Waals surface area (Å²) in [7, 11) is 0. The molecule has 0 atom stereocenters. The van der Waals surface area contributed by atoms with Crippen LogP contribution in [-0.2, 0) is 16.1 Å². The van der Waals surface area contributed by atoms with Crippen LogP contribution in [0.25, 0.3) is 0 Å². The zero-order chi connectivity index (χ0) is 9.80. The highest BCUT2D eigenvalue weighted by Gasteiger charge is 2.15. The molecule has 1 aliphatic rings. The summed E-state index contributed by atoms with van der Waals surface area (Å²) in [5.74, 6) is 0. The summed E-state index contributed by atoms with van der Waals surface area (Å²) in [6, 6.07) is 7.64. The van der Waals surface area contributed by atoms with Crippen LogP contribution in [0.5, 0.6) is 0 Å². The Kier molecular flexibility index (Phi) is 3.14. The van der Waals surface area contributed by atoms with Crippen molar-refractivity contribution in [3.05, 3.63) is 35.4 Å². The second-order valence-corrected chi connectivity index (χ2v) is 3.33. The Morgan fingerprint density at radius 1 is 1.14 bits per heavy atom. The average Bonchev–Trinajstić information content (AvgIpc) is 2.30. The molecule has 1 fully saturated rings. The van der Waals surface area contributed by atoms with Gasteiger partial charge in [0, 0.05) is 5.56 Å². The molecule has 1 aliphatic heterocycles. The molecule has 1 aromatic carbocycles. The highest BCUT2D eigenvalue weighted by molar-refractivity contribution is 5.22. The Labute approximate surface area is 83.3 Å². The van der Waals surface area contributed by atoms with Gasteiger partial charge in [0.05, 0.1) is 19.8 Å². The summed E-state index contributed by atoms with van der Waals surface area (Å²) in [6.07, 6.45) is 0.738. The maximum absolute atomic E-state index is 8.88. The van der Waals surface area contributed by atoms with Crippen LogP contribution in [0.2, 0.25) is 0 Å². The van der Waals surface area contributed by atoms with Crippen LogP contribution in [0.4, 0.5) is 0 Å². The van der Waals surface area contributed by atoms with Gasteiger partial charge in [-0.1, -0.05) is 24.3 Å². The van der Waals surface area contributed by atoms with Gasteiger partial charge in [0.1, 0.15) is 0 Å². The number of rotatable bonds is 2. The number of hydrogen-bond donors (Lipinski definition) is 1. The lowest BCUT2D eigenvalue weighted by Gasteiger charge is -2.23. The zero-order valence-corrected chi connectivity index (χ0v) is 7.98. The lowest BCUT2D eigenvalue weighted by Crippen LogP contribution is -2.17. The Morgan fingerprint density at radius 2 is 1.79 bits per heavy atom. The average molecular weight is 194 g/mol. The largest absolute Gasteiger partial charge is 0.392 e. The molecule has 76 valence electrons. The first kappa shape index (κ1) is 9.65. The van der Waals surface area contributed by atoms with Gasteiger partial charge in [-0.25, -0.2) is 0 Å². The van der Waals surface area contributed by atoms with Gasteiger partial charge in [0.2, 0.25) is 0 Å². The predicted octanol–water partition coefficient (Wildman–Crippen LogP) is 1.61. The third-order valence-corrected chi connectivity index (χ3v) is 2.26. The van der Waals surface area contributed by atoms with E-state index in [1.54, 1.807) is 0 Å². The molecule has 0 amide bonds. The summed E-state index contributed by atoms with van der Waals surface area (Å²) < 4.78 is 10.9. The second kappa shape index (κ2) is 4.55. The summed E-state index contributed by atoms with van der Waals surface area (Å²) in [4.78, 5) is 0. The summed E-state index contributed by atoms with van der Waals surface area (Å²) in [5.41, 5.74) is 1.92. The molecule has 1 heterocycles. The Bertz CT molecular complexity index is 275. The van der Waals surface area contributed by atoms with Crippen LogP contribution in [0.15, 0.2) is 24.3 Å². The smallest absolute Gasteiger partial charge is 0.183 e. The van der Waals surface area contributed by atoms with Crippen molar-refractivity contribution in [3.63, 3.8) is 0 Å². The molecule has 14 heavy (non-hydrogen) atoms. The van der Waals surface area contributed by atoms with E-state index in [0.717, 1.165) is 30.8 Å². The molecule has 3 nitrogen and oxygen atoms in total. The van der Waals surface area contributed by atoms with Crippen molar-refractivity contribution in [2.45, 2.75) is 19.3 Å². The molecule has 0 spiro atoms. The first-order valence-corrected chi connectivity index (χ1v) is 4.83. The first-order valence-electron chi connectivity index (χ1n) is 4.83. The molecule has 1 aromatic rings. The van der Waals surface area contributed by atoms with Crippen LogP contribution in [0, 0.1) is 0 Å². The van der Waals surface area contributed by atoms with E-state index in [4.69, 9.17) is 14.6 Å². The monoisotopic (exact) mass is 194 g/mol. The summed E-state index contributed by atoms with van der Waals surface area (Å²) in [5, 5.41) is 8.88. The fourth-order valence-electron chi connectivity index (χ4n) is 1.46. The minimum absolute atomic E-state index is 0.0761. The van der Waals surface area contributed by atoms with Crippen LogP contribution >= 0.6 is 0 Å². The fraction of sp³-hybridized carbons (Fsp3) is 0.455. The third-order valence-electron chi connectivity index (χ3n) is 2.26. The molecule has 3 heteroatoms. The van der Waals surface area contributed by atoms with E-state index in [2.05, 4.69) is 0 Å². The molecule has 0 unspecified atom stereocenters. The SMILES string of the molecule is OCc1ccc(C2OCCCO2)cc1. The molecule has 0 saturated carbocycles. The lowest BCUT2D eigenvalue weighted by atomic mass is 10.1. The van der Waals surface area contributed by atoms with Crippen molar-refractivity contribution in [3.8, 4) is 0 Å². The molecule has 1 saturated heterocycles. The predicted molar refractivity (Wildman–Crippen MR) is 51.6 cm³/mol. The van der Waals surface area contributed by atoms with Crippen LogP contribution in [0.1, 0.15) is 23.8 Å². The lowest BCUT2D eigenvalue weighted by molar-refractivity contribution is -0.183. The summed E-state index contributed by atoms with van der Waals surface area (Å²) >= 11 is 0. The molecule has 0 aromatic heterocycles. The van der Waals surface area contributed by atoms with Gasteiger partial charge in [-0.05, 0) is 12.0 Å². The summed E-state index contributed by atoms with van der Waals surface area (Å²) in [6.45, 7) is 1.59. The van der Waals surface area contributed by atoms with Crippen molar-refractivity contribution in [1.29, 1.82) is 0 Å². The van der Waals surface area contributed by atoms with E-state index in [1.165, 1.54) is 0 Å². The standard InChI is InChI=1S/C11H14O3/c12-8-9-2-4-10(5-3-9)11-13-6-1-7-14-11/h2-5,11-12H,1,6-8H2. The van der Waals surface area contributed by atoms with Crippen molar-refractivity contribution in [1.82, 2.24) is 0 Å². The normalized spacial score (nSPS) is 18.4. The van der Waals surface area contributed by atoms with Gasteiger partial charge in [0.15, 0.2) is 6.29 Å². The topological polar surface area (TPSA) is 38.7 Å². The van der Waals surface area contributed by atoms with Gasteiger partial charge < -0.3 is 14.6 Å². The first-order chi connectivity index (χ1) is 6.90. The molecule has 1 N–H and O–H groups in total. The van der Waals surface area contributed by atoms with Crippen LogP contribution in [-0.4, -0.2) is 18.3 Å². The quantitative estimate of drug-likeness (QED) is 0.777. The van der Waals surface area contributed by atoms with Gasteiger partial charge in [-0.15, -0.1) is 0 Å². The van der Waals surface area contributed by atoms with Crippen molar-refractivity contribution in [2.24, 2.45) is 0 Å². The molecular formula is C11H14O3. The van der Waals surface area contributed by atoms with Crippen molar-refractivity contribution < 1.29 is 14.6 Å². The van der Waals surface area contributed by atoms with E-state index < -0.39 is 0 Å². The number of benzene rings is 1. The third kappa shape index (κ3) is 2.12. The minimum atomic E-state index is -0.225. The van der Waals surface area contributed by atoms with Crippen molar-refractivity contribution in [2.75, 3.05) is 13.2 Å². The van der Waals surface area contributed by atoms with Gasteiger partial charge >= 0.3 is 0 Å². The molecular weight excluding hydrogens is 180 g/mol. The fourth-order valence-corrected chi connectivity index (χ4v) is 1.46. The molecule has 0 bridgehead atoms. The number of hydrogen-bond acceptors (Lipinski definition) is 3. The van der Waals surface area contributed by atoms with Crippen LogP contribution in [0.3, 0.4) is 0 Å². The second-order valence-electron chi connectivity index (χ2n) is 3.33. The van der Waals surface area contributed by atoms with E-state index in [9.17, 15) is 0 Å².